The van der Waals surface area contributed by atoms with Gasteiger partial charge in [-0.25, -0.2) is 4.99 Å². The van der Waals surface area contributed by atoms with E-state index >= 15 is 0 Å². The molecule has 0 aromatic heterocycles. The Bertz CT molecular complexity index is 659. The van der Waals surface area contributed by atoms with Crippen molar-refractivity contribution < 1.29 is 0 Å². The lowest BCUT2D eigenvalue weighted by molar-refractivity contribution is 0.517. The molecule has 0 aliphatic heterocycles. The molecule has 24 heavy (non-hydrogen) atoms. The van der Waals surface area contributed by atoms with E-state index in [4.69, 9.17) is 4.99 Å². The van der Waals surface area contributed by atoms with Gasteiger partial charge in [0.15, 0.2) is 0 Å². The number of rotatable bonds is 5. The summed E-state index contributed by atoms with van der Waals surface area (Å²) in [5.74, 6) is 0. The van der Waals surface area contributed by atoms with E-state index in [9.17, 15) is 0 Å². The van der Waals surface area contributed by atoms with Crippen LogP contribution in [0.4, 0.5) is 5.69 Å². The van der Waals surface area contributed by atoms with Crippen molar-refractivity contribution in [3.05, 3.63) is 72.1 Å². The smallest absolute Gasteiger partial charge is 0.0975 e. The van der Waals surface area contributed by atoms with Gasteiger partial charge in [0, 0.05) is 10.1 Å². The van der Waals surface area contributed by atoms with Crippen LogP contribution < -0.4 is 0 Å². The van der Waals surface area contributed by atoms with Gasteiger partial charge in [0.25, 0.3) is 0 Å². The molecule has 1 fully saturated rings. The van der Waals surface area contributed by atoms with E-state index in [0.29, 0.717) is 5.25 Å². The topological polar surface area (TPSA) is 12.4 Å². The van der Waals surface area contributed by atoms with Crippen molar-refractivity contribution in [1.82, 2.24) is 0 Å². The minimum Gasteiger partial charge on any atom is -0.242 e. The molecular weight excluding hydrogens is 330 g/mol. The molecule has 3 rings (SSSR count). The van der Waals surface area contributed by atoms with E-state index in [1.165, 1.54) is 37.0 Å². The Kier molecular flexibility index (Phi) is 7.06. The molecule has 124 valence electrons. The van der Waals surface area contributed by atoms with E-state index in [2.05, 4.69) is 53.9 Å². The van der Waals surface area contributed by atoms with E-state index < -0.39 is 0 Å². The molecule has 0 unspecified atom stereocenters. The summed E-state index contributed by atoms with van der Waals surface area (Å²) in [6.45, 7) is 0. The third kappa shape index (κ3) is 5.88. The lowest BCUT2D eigenvalue weighted by atomic mass is 10.0. The van der Waals surface area contributed by atoms with Crippen LogP contribution in [-0.2, 0) is 0 Å². The Balaban J connectivity index is 1.70. The van der Waals surface area contributed by atoms with Gasteiger partial charge in [-0.05, 0) is 48.6 Å². The summed E-state index contributed by atoms with van der Waals surface area (Å²) in [5, 5.41) is 4.00. The van der Waals surface area contributed by atoms with E-state index in [1.54, 1.807) is 11.8 Å². The van der Waals surface area contributed by atoms with Crippen molar-refractivity contribution >= 4 is 34.3 Å². The summed E-state index contributed by atoms with van der Waals surface area (Å²) in [7, 11) is 0. The Morgan fingerprint density at radius 3 is 2.25 bits per heavy atom. The summed E-state index contributed by atoms with van der Waals surface area (Å²) in [6.07, 6.45) is 8.92. The van der Waals surface area contributed by atoms with Crippen LogP contribution >= 0.6 is 23.5 Å². The fraction of sp³-hybridized carbons (Fsp3) is 0.286. The van der Waals surface area contributed by atoms with Crippen LogP contribution in [0.2, 0.25) is 0 Å². The standard InChI is InChI=1S/C21H23NS2/c1-4-10-18(11-5-1)22-21(24-20-14-8-3-9-15-20)16-17-23-19-12-6-2-7-13-19/h1-2,4-7,10-13,16-17,20H,3,8-9,14-15H2. The van der Waals surface area contributed by atoms with Crippen LogP contribution in [-0.4, -0.2) is 10.3 Å². The number of aliphatic imine (C=N–C) groups is 1. The molecule has 0 bridgehead atoms. The van der Waals surface area contributed by atoms with Gasteiger partial charge in [0.2, 0.25) is 0 Å². The first kappa shape index (κ1) is 17.4. The van der Waals surface area contributed by atoms with Gasteiger partial charge < -0.3 is 0 Å². The fourth-order valence-corrected chi connectivity index (χ4v) is 4.73. The van der Waals surface area contributed by atoms with E-state index in [0.717, 1.165) is 10.7 Å². The molecule has 0 amide bonds. The molecule has 2 aromatic rings. The third-order valence-electron chi connectivity index (χ3n) is 3.99. The highest BCUT2D eigenvalue weighted by Gasteiger charge is 2.15. The van der Waals surface area contributed by atoms with Crippen molar-refractivity contribution in [3.8, 4) is 0 Å². The van der Waals surface area contributed by atoms with Gasteiger partial charge in [-0.15, -0.1) is 11.8 Å². The molecule has 1 saturated carbocycles. The molecular formula is C21H23NS2. The average Bonchev–Trinajstić information content (AvgIpc) is 2.64. The van der Waals surface area contributed by atoms with Crippen molar-refractivity contribution in [2.24, 2.45) is 4.99 Å². The van der Waals surface area contributed by atoms with Crippen molar-refractivity contribution in [2.45, 2.75) is 42.2 Å². The van der Waals surface area contributed by atoms with Gasteiger partial charge in [-0.2, -0.15) is 0 Å². The maximum absolute atomic E-state index is 4.86. The molecule has 0 spiro atoms. The van der Waals surface area contributed by atoms with Crippen LogP contribution in [0.5, 0.6) is 0 Å². The van der Waals surface area contributed by atoms with Crippen molar-refractivity contribution in [2.75, 3.05) is 0 Å². The predicted molar refractivity (Wildman–Crippen MR) is 109 cm³/mol. The van der Waals surface area contributed by atoms with Gasteiger partial charge >= 0.3 is 0 Å². The van der Waals surface area contributed by atoms with E-state index in [1.807, 2.05) is 30.0 Å². The summed E-state index contributed by atoms with van der Waals surface area (Å²) in [4.78, 5) is 6.12. The minimum atomic E-state index is 0.715. The summed E-state index contributed by atoms with van der Waals surface area (Å²) in [6, 6.07) is 20.7. The number of benzene rings is 2. The first-order chi connectivity index (χ1) is 11.9. The lowest BCUT2D eigenvalue weighted by Crippen LogP contribution is -2.10. The van der Waals surface area contributed by atoms with Crippen molar-refractivity contribution in [1.29, 1.82) is 0 Å². The average molecular weight is 354 g/mol. The Morgan fingerprint density at radius 1 is 0.875 bits per heavy atom. The molecule has 3 heteroatoms. The molecule has 1 aliphatic carbocycles. The molecule has 1 aliphatic rings. The van der Waals surface area contributed by atoms with Crippen LogP contribution in [0.25, 0.3) is 0 Å². The highest BCUT2D eigenvalue weighted by molar-refractivity contribution is 8.15. The zero-order valence-corrected chi connectivity index (χ0v) is 15.4. The zero-order valence-electron chi connectivity index (χ0n) is 13.8. The number of nitrogens with zero attached hydrogens (tertiary/aromatic N) is 1. The zero-order chi connectivity index (χ0) is 16.5. The Hall–Kier alpha value is -1.45. The molecule has 1 nitrogen and oxygen atoms in total. The van der Waals surface area contributed by atoms with Crippen LogP contribution in [0.1, 0.15) is 32.1 Å². The number of thioether (sulfide) groups is 2. The second kappa shape index (κ2) is 9.75. The van der Waals surface area contributed by atoms with Crippen LogP contribution in [0.3, 0.4) is 0 Å². The van der Waals surface area contributed by atoms with Crippen molar-refractivity contribution in [3.63, 3.8) is 0 Å². The molecule has 0 heterocycles. The number of hydrogen-bond acceptors (Lipinski definition) is 3. The molecule has 2 aromatic carbocycles. The highest BCUT2D eigenvalue weighted by Crippen LogP contribution is 2.31. The van der Waals surface area contributed by atoms with Gasteiger partial charge in [-0.3, -0.25) is 0 Å². The first-order valence-electron chi connectivity index (χ1n) is 8.59. The second-order valence-electron chi connectivity index (χ2n) is 5.90. The normalized spacial score (nSPS) is 16.6. The third-order valence-corrected chi connectivity index (χ3v) is 6.08. The molecule has 0 atom stereocenters. The van der Waals surface area contributed by atoms with Gasteiger partial charge in [-0.1, -0.05) is 67.4 Å². The monoisotopic (exact) mass is 353 g/mol. The summed E-state index contributed by atoms with van der Waals surface area (Å²) < 4.78 is 0. The predicted octanol–water partition coefficient (Wildman–Crippen LogP) is 7.09. The van der Waals surface area contributed by atoms with Crippen LogP contribution in [0, 0.1) is 0 Å². The maximum atomic E-state index is 4.86. The molecule has 0 radical (unpaired) electrons. The quantitative estimate of drug-likeness (QED) is 0.323. The van der Waals surface area contributed by atoms with Gasteiger partial charge in [0.05, 0.1) is 10.7 Å². The largest absolute Gasteiger partial charge is 0.242 e. The Morgan fingerprint density at radius 2 is 1.54 bits per heavy atom. The van der Waals surface area contributed by atoms with E-state index in [-0.39, 0.29) is 0 Å². The Labute approximate surface area is 153 Å². The lowest BCUT2D eigenvalue weighted by Gasteiger charge is -2.20. The summed E-state index contributed by atoms with van der Waals surface area (Å²) in [5.41, 5.74) is 1.03. The SMILES string of the molecule is C(=CC(=Nc1ccccc1)SC1CCCCC1)Sc1ccccc1. The van der Waals surface area contributed by atoms with Gasteiger partial charge in [0.1, 0.15) is 0 Å². The fourth-order valence-electron chi connectivity index (χ4n) is 2.76. The maximum Gasteiger partial charge on any atom is 0.0975 e. The number of hydrogen-bond donors (Lipinski definition) is 0. The second-order valence-corrected chi connectivity index (χ2v) is 8.20. The minimum absolute atomic E-state index is 0.715. The molecule has 0 N–H and O–H groups in total. The summed E-state index contributed by atoms with van der Waals surface area (Å²) >= 11 is 3.69. The molecule has 0 saturated heterocycles. The van der Waals surface area contributed by atoms with Crippen LogP contribution in [0.15, 0.2) is 82.0 Å². The first-order valence-corrected chi connectivity index (χ1v) is 10.3. The highest BCUT2D eigenvalue weighted by atomic mass is 32.2. The number of para-hydroxylation sites is 1.